The first-order chi connectivity index (χ1) is 15.0. The van der Waals surface area contributed by atoms with E-state index in [1.54, 1.807) is 18.2 Å². The number of aromatic amines is 1. The second-order valence-electron chi connectivity index (χ2n) is 7.72. The van der Waals surface area contributed by atoms with Gasteiger partial charge in [0, 0.05) is 29.4 Å². The molecule has 0 saturated heterocycles. The molecule has 0 spiro atoms. The van der Waals surface area contributed by atoms with Crippen molar-refractivity contribution in [3.05, 3.63) is 50.9 Å². The largest absolute Gasteiger partial charge is 0.504 e. The lowest BCUT2D eigenvalue weighted by atomic mass is 9.76. The van der Waals surface area contributed by atoms with E-state index in [0.29, 0.717) is 40.9 Å². The summed E-state index contributed by atoms with van der Waals surface area (Å²) in [7, 11) is 0. The first-order valence-corrected chi connectivity index (χ1v) is 11.8. The molecule has 0 bridgehead atoms. The Balaban J connectivity index is 1.85. The maximum absolute atomic E-state index is 13.2. The number of benzene rings is 1. The number of phenols is 1. The first-order valence-electron chi connectivity index (χ1n) is 10.8. The third-order valence-corrected chi connectivity index (χ3v) is 6.55. The number of phenolic OH excluding ortho intramolecular Hbond substituents is 1. The van der Waals surface area contributed by atoms with Crippen LogP contribution in [0.2, 0.25) is 0 Å². The number of anilines is 1. The van der Waals surface area contributed by atoms with Gasteiger partial charge in [0.05, 0.1) is 12.2 Å². The average molecular weight is 442 g/mol. The lowest BCUT2D eigenvalue weighted by molar-refractivity contribution is -0.116. The fourth-order valence-corrected chi connectivity index (χ4v) is 5.08. The Morgan fingerprint density at radius 3 is 2.87 bits per heavy atom. The van der Waals surface area contributed by atoms with Crippen molar-refractivity contribution in [3.63, 3.8) is 0 Å². The number of rotatable bonds is 7. The van der Waals surface area contributed by atoms with Crippen LogP contribution in [-0.4, -0.2) is 33.2 Å². The zero-order valence-corrected chi connectivity index (χ0v) is 18.6. The minimum absolute atomic E-state index is 0.0265. The van der Waals surface area contributed by atoms with E-state index in [9.17, 15) is 14.7 Å². The molecule has 1 aromatic heterocycles. The number of aromatic nitrogens is 2. The van der Waals surface area contributed by atoms with Crippen molar-refractivity contribution in [2.75, 3.05) is 17.7 Å². The summed E-state index contributed by atoms with van der Waals surface area (Å²) in [5.74, 6) is 1.23. The fraction of sp³-hybridized carbons (Fsp3) is 0.435. The minimum atomic E-state index is -0.551. The van der Waals surface area contributed by atoms with Gasteiger partial charge < -0.3 is 20.1 Å². The zero-order chi connectivity index (χ0) is 22.0. The highest BCUT2D eigenvalue weighted by molar-refractivity contribution is 7.99. The van der Waals surface area contributed by atoms with Gasteiger partial charge in [-0.05, 0) is 43.9 Å². The highest BCUT2D eigenvalue weighted by Crippen LogP contribution is 2.45. The molecule has 2 aliphatic rings. The Morgan fingerprint density at radius 1 is 1.26 bits per heavy atom. The molecule has 1 atom stereocenters. The molecule has 0 saturated carbocycles. The number of carbonyl (C=O) groups is 1. The van der Waals surface area contributed by atoms with Crippen LogP contribution in [0.25, 0.3) is 0 Å². The highest BCUT2D eigenvalue weighted by Gasteiger charge is 2.38. The number of nitrogens with one attached hydrogen (secondary N) is 2. The molecule has 7 nitrogen and oxygen atoms in total. The van der Waals surface area contributed by atoms with Gasteiger partial charge >= 0.3 is 0 Å². The summed E-state index contributed by atoms with van der Waals surface area (Å²) >= 11 is 1.53. The quantitative estimate of drug-likeness (QED) is 0.334. The molecule has 0 unspecified atom stereocenters. The number of allylic oxidation sites excluding steroid dienone is 2. The Morgan fingerprint density at radius 2 is 2.10 bits per heavy atom. The summed E-state index contributed by atoms with van der Waals surface area (Å²) in [4.78, 5) is 33.7. The van der Waals surface area contributed by atoms with Gasteiger partial charge in [-0.1, -0.05) is 31.2 Å². The fourth-order valence-electron chi connectivity index (χ4n) is 4.14. The number of nitrogens with zero attached hydrogens (tertiary/aromatic N) is 1. The van der Waals surface area contributed by atoms with E-state index in [2.05, 4.69) is 22.2 Å². The van der Waals surface area contributed by atoms with Crippen molar-refractivity contribution in [2.45, 2.75) is 57.0 Å². The van der Waals surface area contributed by atoms with E-state index in [1.807, 2.05) is 6.92 Å². The molecule has 1 aliphatic carbocycles. The van der Waals surface area contributed by atoms with Crippen molar-refractivity contribution in [1.82, 2.24) is 9.97 Å². The van der Waals surface area contributed by atoms with Gasteiger partial charge in [-0.3, -0.25) is 9.59 Å². The van der Waals surface area contributed by atoms with Crippen LogP contribution in [0.5, 0.6) is 11.5 Å². The van der Waals surface area contributed by atoms with E-state index in [1.165, 1.54) is 11.8 Å². The van der Waals surface area contributed by atoms with E-state index in [4.69, 9.17) is 4.74 Å². The molecular weight excluding hydrogens is 414 g/mol. The third kappa shape index (κ3) is 4.21. The maximum Gasteiger partial charge on any atom is 0.257 e. The number of ketones is 1. The van der Waals surface area contributed by atoms with Gasteiger partial charge in [-0.15, -0.1) is 0 Å². The van der Waals surface area contributed by atoms with Crippen LogP contribution < -0.4 is 15.6 Å². The van der Waals surface area contributed by atoms with Crippen molar-refractivity contribution < 1.29 is 14.6 Å². The molecule has 0 radical (unpaired) electrons. The summed E-state index contributed by atoms with van der Waals surface area (Å²) in [6.45, 7) is 4.36. The molecule has 1 aliphatic heterocycles. The van der Waals surface area contributed by atoms with Crippen LogP contribution in [0.1, 0.15) is 63.0 Å². The van der Waals surface area contributed by atoms with E-state index < -0.39 is 5.92 Å². The van der Waals surface area contributed by atoms with Crippen molar-refractivity contribution in [3.8, 4) is 11.5 Å². The molecule has 31 heavy (non-hydrogen) atoms. The monoisotopic (exact) mass is 441 g/mol. The van der Waals surface area contributed by atoms with Crippen molar-refractivity contribution in [1.29, 1.82) is 0 Å². The normalized spacial score (nSPS) is 17.7. The van der Waals surface area contributed by atoms with Crippen LogP contribution in [0.3, 0.4) is 0 Å². The average Bonchev–Trinajstić information content (AvgIpc) is 2.74. The number of unbranched alkanes of at least 4 members (excludes halogenated alkanes) is 1. The van der Waals surface area contributed by atoms with Crippen molar-refractivity contribution in [2.24, 2.45) is 0 Å². The zero-order valence-electron chi connectivity index (χ0n) is 17.8. The molecule has 164 valence electrons. The first kappa shape index (κ1) is 21.5. The van der Waals surface area contributed by atoms with Gasteiger partial charge in [-0.2, -0.15) is 0 Å². The lowest BCUT2D eigenvalue weighted by Gasteiger charge is -2.33. The Hall–Kier alpha value is -2.74. The molecule has 2 aromatic rings. The number of hydrogen-bond donors (Lipinski definition) is 3. The van der Waals surface area contributed by atoms with Crippen LogP contribution in [-0.2, 0) is 4.79 Å². The number of hydrogen-bond acceptors (Lipinski definition) is 7. The predicted molar refractivity (Wildman–Crippen MR) is 121 cm³/mol. The topological polar surface area (TPSA) is 104 Å². The Bertz CT molecular complexity index is 1090. The third-order valence-electron chi connectivity index (χ3n) is 5.59. The van der Waals surface area contributed by atoms with E-state index >= 15 is 0 Å². The smallest absolute Gasteiger partial charge is 0.257 e. The predicted octanol–water partition coefficient (Wildman–Crippen LogP) is 4.33. The molecule has 4 rings (SSSR count). The number of carbonyl (C=O) groups excluding carboxylic acids is 1. The van der Waals surface area contributed by atoms with E-state index in [-0.39, 0.29) is 17.1 Å². The van der Waals surface area contributed by atoms with Crippen LogP contribution in [0.4, 0.5) is 5.82 Å². The lowest BCUT2D eigenvalue weighted by Crippen LogP contribution is -2.32. The Labute approximate surface area is 185 Å². The standard InChI is InChI=1S/C23H27N3O4S/c1-3-5-11-31-23-25-21-20(22(29)26-23)18(19-14(24-21)7-6-8-16(19)28)13-9-10-15(27)17(12-13)30-4-2/h9-10,12,18,27H,3-8,11H2,1-2H3,(H2,24,25,26,29)/t18-/m1/s1. The summed E-state index contributed by atoms with van der Waals surface area (Å²) < 4.78 is 5.55. The number of H-pyrrole nitrogens is 1. The molecule has 3 N–H and O–H groups in total. The van der Waals surface area contributed by atoms with Gasteiger partial charge in [0.2, 0.25) is 0 Å². The number of aromatic hydroxyl groups is 1. The Kier molecular flexibility index (Phi) is 6.36. The van der Waals surface area contributed by atoms with Gasteiger partial charge in [0.15, 0.2) is 22.4 Å². The van der Waals surface area contributed by atoms with Gasteiger partial charge in [-0.25, -0.2) is 4.98 Å². The van der Waals surface area contributed by atoms with Crippen LogP contribution >= 0.6 is 11.8 Å². The number of ether oxygens (including phenoxy) is 1. The molecular formula is C23H27N3O4S. The molecule has 0 fully saturated rings. The molecule has 0 amide bonds. The molecule has 8 heteroatoms. The SMILES string of the molecule is CCCCSc1nc2c(c(=O)[nH]1)[C@H](c1ccc(O)c(OCC)c1)C1=C(CCCC1=O)N2. The number of thioether (sulfide) groups is 1. The number of fused-ring (bicyclic) bond motifs is 1. The van der Waals surface area contributed by atoms with Gasteiger partial charge in [0.25, 0.3) is 5.56 Å². The van der Waals surface area contributed by atoms with Crippen LogP contribution in [0.15, 0.2) is 39.4 Å². The summed E-state index contributed by atoms with van der Waals surface area (Å²) in [6, 6.07) is 5.01. The molecule has 2 heterocycles. The maximum atomic E-state index is 13.2. The summed E-state index contributed by atoms with van der Waals surface area (Å²) in [5.41, 5.74) is 2.36. The summed E-state index contributed by atoms with van der Waals surface area (Å²) in [6.07, 6.45) is 4.08. The molecule has 1 aromatic carbocycles. The van der Waals surface area contributed by atoms with Gasteiger partial charge in [0.1, 0.15) is 5.82 Å². The summed E-state index contributed by atoms with van der Waals surface area (Å²) in [5, 5.41) is 14.0. The van der Waals surface area contributed by atoms with Crippen molar-refractivity contribution >= 4 is 23.4 Å². The second-order valence-corrected chi connectivity index (χ2v) is 8.81. The van der Waals surface area contributed by atoms with E-state index in [0.717, 1.165) is 42.7 Å². The minimum Gasteiger partial charge on any atom is -0.504 e. The highest BCUT2D eigenvalue weighted by atomic mass is 32.2. The second kappa shape index (κ2) is 9.18. The van der Waals surface area contributed by atoms with Crippen LogP contribution in [0, 0.1) is 0 Å². The number of Topliss-reactive ketones (excluding diaryl/α,β-unsaturated/α-hetero) is 1.